The van der Waals surface area contributed by atoms with Crippen molar-refractivity contribution in [1.29, 1.82) is 0 Å². The number of aryl methyl sites for hydroxylation is 3. The van der Waals surface area contributed by atoms with E-state index in [0.717, 1.165) is 23.1 Å². The highest BCUT2D eigenvalue weighted by Gasteiger charge is 2.26. The van der Waals surface area contributed by atoms with Gasteiger partial charge in [0, 0.05) is 31.9 Å². The van der Waals surface area contributed by atoms with Gasteiger partial charge in [0.25, 0.3) is 0 Å². The fourth-order valence-electron chi connectivity index (χ4n) is 2.72. The minimum atomic E-state index is -0.630. The lowest BCUT2D eigenvalue weighted by Gasteiger charge is -2.32. The van der Waals surface area contributed by atoms with E-state index in [0.29, 0.717) is 31.9 Å². The number of piperazine rings is 1. The second-order valence-corrected chi connectivity index (χ2v) is 5.66. The molecule has 6 heteroatoms. The van der Waals surface area contributed by atoms with E-state index >= 15 is 0 Å². The van der Waals surface area contributed by atoms with Gasteiger partial charge >= 0.3 is 11.8 Å². The zero-order valence-corrected chi connectivity index (χ0v) is 13.2. The van der Waals surface area contributed by atoms with Crippen LogP contribution in [0, 0.1) is 20.8 Å². The van der Waals surface area contributed by atoms with E-state index in [2.05, 4.69) is 5.32 Å². The van der Waals surface area contributed by atoms with E-state index in [1.54, 1.807) is 4.90 Å². The highest BCUT2D eigenvalue weighted by Crippen LogP contribution is 2.22. The molecule has 1 saturated heterocycles. The normalized spacial score (nSPS) is 14.7. The van der Waals surface area contributed by atoms with Crippen molar-refractivity contribution < 1.29 is 14.4 Å². The first-order valence-electron chi connectivity index (χ1n) is 7.30. The standard InChI is InChI=1S/C16H21N3O3/c1-11-8-12(2)14(13(3)9-11)17-15(21)16(22)19-6-4-18(10-20)5-7-19/h8-10H,4-7H2,1-3H3,(H,17,21). The molecule has 1 heterocycles. The van der Waals surface area contributed by atoms with Crippen molar-refractivity contribution in [3.8, 4) is 0 Å². The lowest BCUT2D eigenvalue weighted by Crippen LogP contribution is -2.51. The molecule has 2 rings (SSSR count). The summed E-state index contributed by atoms with van der Waals surface area (Å²) in [7, 11) is 0. The number of benzene rings is 1. The van der Waals surface area contributed by atoms with Crippen LogP contribution in [0.15, 0.2) is 12.1 Å². The Kier molecular flexibility index (Phi) is 4.80. The molecule has 1 aliphatic heterocycles. The van der Waals surface area contributed by atoms with Gasteiger partial charge in [-0.25, -0.2) is 0 Å². The third kappa shape index (κ3) is 3.44. The smallest absolute Gasteiger partial charge is 0.313 e. The molecule has 3 amide bonds. The Hall–Kier alpha value is -2.37. The van der Waals surface area contributed by atoms with Crippen molar-refractivity contribution in [3.63, 3.8) is 0 Å². The number of nitrogens with zero attached hydrogens (tertiary/aromatic N) is 2. The van der Waals surface area contributed by atoms with Crippen molar-refractivity contribution in [1.82, 2.24) is 9.80 Å². The summed E-state index contributed by atoms with van der Waals surface area (Å²) >= 11 is 0. The van der Waals surface area contributed by atoms with Gasteiger partial charge in [-0.05, 0) is 31.9 Å². The second kappa shape index (κ2) is 6.60. The third-order valence-electron chi connectivity index (χ3n) is 3.86. The molecule has 1 aliphatic rings. The molecule has 0 atom stereocenters. The number of carbonyl (C=O) groups is 3. The Bertz CT molecular complexity index is 582. The molecule has 0 spiro atoms. The maximum Gasteiger partial charge on any atom is 0.313 e. The van der Waals surface area contributed by atoms with E-state index in [4.69, 9.17) is 0 Å². The zero-order valence-electron chi connectivity index (χ0n) is 13.2. The summed E-state index contributed by atoms with van der Waals surface area (Å²) in [6.45, 7) is 7.50. The average molecular weight is 303 g/mol. The van der Waals surface area contributed by atoms with Gasteiger partial charge in [0.05, 0.1) is 0 Å². The molecule has 1 N–H and O–H groups in total. The number of rotatable bonds is 2. The molecule has 0 saturated carbocycles. The molecule has 1 fully saturated rings. The number of amides is 3. The van der Waals surface area contributed by atoms with Crippen LogP contribution < -0.4 is 5.32 Å². The maximum absolute atomic E-state index is 12.2. The summed E-state index contributed by atoms with van der Waals surface area (Å²) in [4.78, 5) is 38.1. The first-order valence-corrected chi connectivity index (χ1v) is 7.30. The monoisotopic (exact) mass is 303 g/mol. The van der Waals surface area contributed by atoms with Crippen LogP contribution in [0.4, 0.5) is 5.69 Å². The van der Waals surface area contributed by atoms with Crippen LogP contribution in [0.3, 0.4) is 0 Å². The quantitative estimate of drug-likeness (QED) is 0.650. The molecular weight excluding hydrogens is 282 g/mol. The first-order chi connectivity index (χ1) is 10.4. The minimum absolute atomic E-state index is 0.386. The molecule has 118 valence electrons. The topological polar surface area (TPSA) is 69.7 Å². The van der Waals surface area contributed by atoms with Crippen LogP contribution in [0.5, 0.6) is 0 Å². The summed E-state index contributed by atoms with van der Waals surface area (Å²) in [5.74, 6) is -1.18. The molecule has 1 aromatic carbocycles. The average Bonchev–Trinajstić information content (AvgIpc) is 2.50. The molecule has 0 unspecified atom stereocenters. The summed E-state index contributed by atoms with van der Waals surface area (Å²) < 4.78 is 0. The molecule has 22 heavy (non-hydrogen) atoms. The zero-order chi connectivity index (χ0) is 16.3. The van der Waals surface area contributed by atoms with E-state index in [1.165, 1.54) is 4.90 Å². The first kappa shape index (κ1) is 16.0. The number of anilines is 1. The summed E-state index contributed by atoms with van der Waals surface area (Å²) in [6, 6.07) is 3.94. The van der Waals surface area contributed by atoms with Gasteiger partial charge in [-0.2, -0.15) is 0 Å². The van der Waals surface area contributed by atoms with Gasteiger partial charge in [-0.1, -0.05) is 17.7 Å². The molecule has 0 bridgehead atoms. The lowest BCUT2D eigenvalue weighted by molar-refractivity contribution is -0.144. The van der Waals surface area contributed by atoms with E-state index in [1.807, 2.05) is 32.9 Å². The minimum Gasteiger partial charge on any atom is -0.342 e. The van der Waals surface area contributed by atoms with Gasteiger partial charge < -0.3 is 15.1 Å². The summed E-state index contributed by atoms with van der Waals surface area (Å²) in [5.41, 5.74) is 3.67. The molecule has 0 radical (unpaired) electrons. The number of hydrogen-bond donors (Lipinski definition) is 1. The largest absolute Gasteiger partial charge is 0.342 e. The van der Waals surface area contributed by atoms with E-state index in [9.17, 15) is 14.4 Å². The van der Waals surface area contributed by atoms with Crippen molar-refractivity contribution in [2.75, 3.05) is 31.5 Å². The Morgan fingerprint density at radius 2 is 1.59 bits per heavy atom. The fourth-order valence-corrected chi connectivity index (χ4v) is 2.72. The van der Waals surface area contributed by atoms with Gasteiger partial charge in [0.1, 0.15) is 0 Å². The Balaban J connectivity index is 2.03. The second-order valence-electron chi connectivity index (χ2n) is 5.66. The SMILES string of the molecule is Cc1cc(C)c(NC(=O)C(=O)N2CCN(C=O)CC2)c(C)c1. The van der Waals surface area contributed by atoms with Crippen molar-refractivity contribution in [3.05, 3.63) is 28.8 Å². The highest BCUT2D eigenvalue weighted by atomic mass is 16.2. The predicted octanol–water partition coefficient (Wildman–Crippen LogP) is 0.851. The van der Waals surface area contributed by atoms with Crippen molar-refractivity contribution >= 4 is 23.9 Å². The third-order valence-corrected chi connectivity index (χ3v) is 3.86. The lowest BCUT2D eigenvalue weighted by atomic mass is 10.1. The van der Waals surface area contributed by atoms with Gasteiger partial charge in [0.15, 0.2) is 0 Å². The highest BCUT2D eigenvalue weighted by molar-refractivity contribution is 6.39. The fraction of sp³-hybridized carbons (Fsp3) is 0.438. The maximum atomic E-state index is 12.2. The van der Waals surface area contributed by atoms with E-state index < -0.39 is 11.8 Å². The van der Waals surface area contributed by atoms with E-state index in [-0.39, 0.29) is 0 Å². The number of carbonyl (C=O) groups excluding carboxylic acids is 3. The van der Waals surface area contributed by atoms with Crippen LogP contribution in [-0.4, -0.2) is 54.2 Å². The number of hydrogen-bond acceptors (Lipinski definition) is 3. The van der Waals surface area contributed by atoms with Crippen LogP contribution in [0.1, 0.15) is 16.7 Å². The van der Waals surface area contributed by atoms with Crippen molar-refractivity contribution in [2.24, 2.45) is 0 Å². The van der Waals surface area contributed by atoms with Crippen LogP contribution in [0.25, 0.3) is 0 Å². The molecule has 0 aromatic heterocycles. The summed E-state index contributed by atoms with van der Waals surface area (Å²) in [5, 5.41) is 2.71. The predicted molar refractivity (Wildman–Crippen MR) is 83.5 cm³/mol. The van der Waals surface area contributed by atoms with Gasteiger partial charge in [-0.15, -0.1) is 0 Å². The van der Waals surface area contributed by atoms with Crippen LogP contribution in [-0.2, 0) is 14.4 Å². The molecular formula is C16H21N3O3. The van der Waals surface area contributed by atoms with Crippen LogP contribution >= 0.6 is 0 Å². The van der Waals surface area contributed by atoms with Gasteiger partial charge in [0.2, 0.25) is 6.41 Å². The van der Waals surface area contributed by atoms with Crippen LogP contribution in [0.2, 0.25) is 0 Å². The number of nitrogens with one attached hydrogen (secondary N) is 1. The van der Waals surface area contributed by atoms with Gasteiger partial charge in [-0.3, -0.25) is 14.4 Å². The Morgan fingerprint density at radius 3 is 2.09 bits per heavy atom. The Morgan fingerprint density at radius 1 is 1.05 bits per heavy atom. The Labute approximate surface area is 130 Å². The summed E-state index contributed by atoms with van der Waals surface area (Å²) in [6.07, 6.45) is 0.765. The molecule has 6 nitrogen and oxygen atoms in total. The molecule has 0 aliphatic carbocycles. The molecule has 1 aromatic rings. The van der Waals surface area contributed by atoms with Crippen molar-refractivity contribution in [2.45, 2.75) is 20.8 Å².